The normalized spacial score (nSPS) is 9.58. The quantitative estimate of drug-likeness (QED) is 0.735. The average molecular weight is 254 g/mol. The molecule has 0 radical (unpaired) electrons. The third-order valence-electron chi connectivity index (χ3n) is 3.05. The highest BCUT2D eigenvalue weighted by atomic mass is 16.5. The maximum Gasteiger partial charge on any atom is 0.169 e. The zero-order valence-corrected chi connectivity index (χ0v) is 11.1. The summed E-state index contributed by atoms with van der Waals surface area (Å²) in [7, 11) is 0. The van der Waals surface area contributed by atoms with Crippen LogP contribution in [0.2, 0.25) is 13.6 Å². The molecule has 2 aromatic rings. The third-order valence-corrected chi connectivity index (χ3v) is 3.05. The van der Waals surface area contributed by atoms with E-state index in [2.05, 4.69) is 37.9 Å². The second-order valence-electron chi connectivity index (χ2n) is 4.81. The van der Waals surface area contributed by atoms with Crippen LogP contribution >= 0.6 is 0 Å². The van der Waals surface area contributed by atoms with Crippen molar-refractivity contribution in [3.63, 3.8) is 0 Å². The van der Waals surface area contributed by atoms with Gasteiger partial charge < -0.3 is 4.74 Å². The van der Waals surface area contributed by atoms with Gasteiger partial charge in [0.15, 0.2) is 6.71 Å². The van der Waals surface area contributed by atoms with Crippen molar-refractivity contribution in [2.75, 3.05) is 6.61 Å². The van der Waals surface area contributed by atoms with Gasteiger partial charge in [-0.2, -0.15) is 0 Å². The molecule has 0 bridgehead atoms. The molecule has 0 spiro atoms. The Morgan fingerprint density at radius 3 is 2.11 bits per heavy atom. The van der Waals surface area contributed by atoms with E-state index in [1.807, 2.05) is 30.3 Å². The standard InChI is InChI=1S/C16H19BO.CH4/c1-17(2)15-10-8-14(9-11-15)12-13-18-16-6-4-3-5-7-16;/h3-11H,12-13H2,1-2H3;1H4. The minimum absolute atomic E-state index is 0. The first-order chi connectivity index (χ1) is 8.75. The number of hydrogen-bond donors (Lipinski definition) is 0. The van der Waals surface area contributed by atoms with E-state index in [1.165, 1.54) is 11.0 Å². The largest absolute Gasteiger partial charge is 0.493 e. The molecule has 100 valence electrons. The van der Waals surface area contributed by atoms with Gasteiger partial charge in [0.1, 0.15) is 5.75 Å². The van der Waals surface area contributed by atoms with E-state index in [4.69, 9.17) is 4.74 Å². The molecular formula is C17H23BO. The lowest BCUT2D eigenvalue weighted by molar-refractivity contribution is 0.322. The van der Waals surface area contributed by atoms with Crippen molar-refractivity contribution in [3.8, 4) is 5.75 Å². The fraction of sp³-hybridized carbons (Fsp3) is 0.294. The molecule has 2 heteroatoms. The summed E-state index contributed by atoms with van der Waals surface area (Å²) >= 11 is 0. The SMILES string of the molecule is C.CB(C)c1ccc(CCOc2ccccc2)cc1. The molecule has 0 aromatic heterocycles. The molecule has 0 aliphatic carbocycles. The van der Waals surface area contributed by atoms with Gasteiger partial charge in [-0.1, -0.05) is 69.0 Å². The minimum Gasteiger partial charge on any atom is -0.493 e. The monoisotopic (exact) mass is 254 g/mol. The van der Waals surface area contributed by atoms with Crippen LogP contribution in [-0.4, -0.2) is 13.3 Å². The Labute approximate surface area is 117 Å². The van der Waals surface area contributed by atoms with E-state index in [9.17, 15) is 0 Å². The number of rotatable bonds is 5. The molecule has 0 aliphatic heterocycles. The van der Waals surface area contributed by atoms with E-state index >= 15 is 0 Å². The molecule has 0 heterocycles. The van der Waals surface area contributed by atoms with Gasteiger partial charge in [-0.15, -0.1) is 0 Å². The van der Waals surface area contributed by atoms with Gasteiger partial charge in [0.25, 0.3) is 0 Å². The predicted molar refractivity (Wildman–Crippen MR) is 85.9 cm³/mol. The number of para-hydroxylation sites is 1. The maximum absolute atomic E-state index is 5.69. The summed E-state index contributed by atoms with van der Waals surface area (Å²) in [5, 5.41) is 0. The van der Waals surface area contributed by atoms with Crippen LogP contribution in [-0.2, 0) is 6.42 Å². The first kappa shape index (κ1) is 15.4. The van der Waals surface area contributed by atoms with Gasteiger partial charge in [-0.3, -0.25) is 0 Å². The lowest BCUT2D eigenvalue weighted by Crippen LogP contribution is -2.22. The first-order valence-corrected chi connectivity index (χ1v) is 6.52. The lowest BCUT2D eigenvalue weighted by atomic mass is 9.49. The second kappa shape index (κ2) is 7.68. The van der Waals surface area contributed by atoms with Crippen LogP contribution in [0.5, 0.6) is 5.75 Å². The topological polar surface area (TPSA) is 9.23 Å². The molecule has 0 aliphatic rings. The Kier molecular flexibility index (Phi) is 6.21. The fourth-order valence-electron chi connectivity index (χ4n) is 1.87. The molecular weight excluding hydrogens is 231 g/mol. The van der Waals surface area contributed by atoms with Gasteiger partial charge in [-0.25, -0.2) is 0 Å². The van der Waals surface area contributed by atoms with Gasteiger partial charge in [0, 0.05) is 6.42 Å². The zero-order valence-electron chi connectivity index (χ0n) is 11.1. The molecule has 2 rings (SSSR count). The van der Waals surface area contributed by atoms with Gasteiger partial charge >= 0.3 is 0 Å². The zero-order chi connectivity index (χ0) is 12.8. The molecule has 0 amide bonds. The Hall–Kier alpha value is -1.70. The predicted octanol–water partition coefficient (Wildman–Crippen LogP) is 3.91. The van der Waals surface area contributed by atoms with E-state index in [0.29, 0.717) is 6.71 Å². The summed E-state index contributed by atoms with van der Waals surface area (Å²) in [6.07, 6.45) is 0.952. The average Bonchev–Trinajstić information content (AvgIpc) is 2.40. The Morgan fingerprint density at radius 1 is 0.895 bits per heavy atom. The van der Waals surface area contributed by atoms with Crippen molar-refractivity contribution in [2.45, 2.75) is 27.5 Å². The van der Waals surface area contributed by atoms with Gasteiger partial charge in [-0.05, 0) is 17.7 Å². The van der Waals surface area contributed by atoms with Crippen molar-refractivity contribution in [3.05, 3.63) is 60.2 Å². The smallest absolute Gasteiger partial charge is 0.169 e. The van der Waals surface area contributed by atoms with Crippen molar-refractivity contribution < 1.29 is 4.74 Å². The Bertz CT molecular complexity index is 462. The van der Waals surface area contributed by atoms with Crippen molar-refractivity contribution >= 4 is 12.2 Å². The molecule has 0 saturated carbocycles. The summed E-state index contributed by atoms with van der Waals surface area (Å²) in [5.41, 5.74) is 2.72. The van der Waals surface area contributed by atoms with Crippen LogP contribution in [0, 0.1) is 0 Å². The van der Waals surface area contributed by atoms with E-state index in [-0.39, 0.29) is 7.43 Å². The van der Waals surface area contributed by atoms with Crippen LogP contribution in [0.4, 0.5) is 0 Å². The molecule has 0 saturated heterocycles. The Balaban J connectivity index is 0.00000180. The number of benzene rings is 2. The van der Waals surface area contributed by atoms with Gasteiger partial charge in [0.2, 0.25) is 0 Å². The van der Waals surface area contributed by atoms with Crippen LogP contribution < -0.4 is 10.2 Å². The summed E-state index contributed by atoms with van der Waals surface area (Å²) in [4.78, 5) is 0. The highest BCUT2D eigenvalue weighted by molar-refractivity contribution is 6.70. The van der Waals surface area contributed by atoms with E-state index in [0.717, 1.165) is 18.8 Å². The molecule has 0 unspecified atom stereocenters. The van der Waals surface area contributed by atoms with Crippen molar-refractivity contribution in [2.24, 2.45) is 0 Å². The summed E-state index contributed by atoms with van der Waals surface area (Å²) < 4.78 is 5.69. The van der Waals surface area contributed by atoms with Crippen LogP contribution in [0.1, 0.15) is 13.0 Å². The van der Waals surface area contributed by atoms with Gasteiger partial charge in [0.05, 0.1) is 6.61 Å². The minimum atomic E-state index is 0. The lowest BCUT2D eigenvalue weighted by Gasteiger charge is -2.07. The molecule has 0 N–H and O–H groups in total. The second-order valence-corrected chi connectivity index (χ2v) is 4.81. The van der Waals surface area contributed by atoms with Crippen LogP contribution in [0.15, 0.2) is 54.6 Å². The highest BCUT2D eigenvalue weighted by Gasteiger charge is 2.02. The summed E-state index contributed by atoms with van der Waals surface area (Å²) in [6.45, 7) is 5.76. The Morgan fingerprint density at radius 2 is 1.53 bits per heavy atom. The molecule has 2 aromatic carbocycles. The van der Waals surface area contributed by atoms with Crippen molar-refractivity contribution in [1.82, 2.24) is 0 Å². The van der Waals surface area contributed by atoms with Crippen molar-refractivity contribution in [1.29, 1.82) is 0 Å². The number of ether oxygens (including phenoxy) is 1. The molecule has 0 fully saturated rings. The number of hydrogen-bond acceptors (Lipinski definition) is 1. The third kappa shape index (κ3) is 4.82. The van der Waals surface area contributed by atoms with Crippen LogP contribution in [0.25, 0.3) is 0 Å². The molecule has 1 nitrogen and oxygen atoms in total. The van der Waals surface area contributed by atoms with E-state index in [1.54, 1.807) is 0 Å². The first-order valence-electron chi connectivity index (χ1n) is 6.52. The fourth-order valence-corrected chi connectivity index (χ4v) is 1.87. The van der Waals surface area contributed by atoms with Crippen LogP contribution in [0.3, 0.4) is 0 Å². The van der Waals surface area contributed by atoms with E-state index < -0.39 is 0 Å². The maximum atomic E-state index is 5.69. The summed E-state index contributed by atoms with van der Waals surface area (Å²) in [5.74, 6) is 0.941. The highest BCUT2D eigenvalue weighted by Crippen LogP contribution is 2.09. The molecule has 0 atom stereocenters. The summed E-state index contributed by atoms with van der Waals surface area (Å²) in [6, 6.07) is 18.8. The molecule has 19 heavy (non-hydrogen) atoms.